The van der Waals surface area contributed by atoms with Gasteiger partial charge in [-0.3, -0.25) is 4.79 Å². The van der Waals surface area contributed by atoms with Gasteiger partial charge in [0.05, 0.1) is 12.2 Å². The van der Waals surface area contributed by atoms with Crippen LogP contribution in [-0.2, 0) is 0 Å². The van der Waals surface area contributed by atoms with Gasteiger partial charge in [0.15, 0.2) is 5.78 Å². The number of carbonyl (C=O) groups excluding carboxylic acids is 1. The molecular formula is C11H16N4O. The van der Waals surface area contributed by atoms with E-state index in [4.69, 9.17) is 0 Å². The summed E-state index contributed by atoms with van der Waals surface area (Å²) in [6.07, 6.45) is 6.13. The quantitative estimate of drug-likeness (QED) is 0.762. The average Bonchev–Trinajstić information content (AvgIpc) is 2.57. The largest absolute Gasteiger partial charge is 0.312 e. The monoisotopic (exact) mass is 220 g/mol. The summed E-state index contributed by atoms with van der Waals surface area (Å²) in [6, 6.07) is 0.387. The lowest BCUT2D eigenvalue weighted by Crippen LogP contribution is -2.43. The minimum Gasteiger partial charge on any atom is -0.312 e. The van der Waals surface area contributed by atoms with E-state index in [0.717, 1.165) is 13.1 Å². The van der Waals surface area contributed by atoms with Crippen molar-refractivity contribution < 1.29 is 4.79 Å². The smallest absolute Gasteiger partial charge is 0.184 e. The summed E-state index contributed by atoms with van der Waals surface area (Å²) in [6.45, 7) is 1.86. The van der Waals surface area contributed by atoms with Crippen LogP contribution in [0.2, 0.25) is 0 Å². The summed E-state index contributed by atoms with van der Waals surface area (Å²) in [5.41, 5.74) is 0.541. The number of ketones is 1. The number of hydrogen-bond acceptors (Lipinski definition) is 4. The van der Waals surface area contributed by atoms with Crippen molar-refractivity contribution in [1.29, 1.82) is 0 Å². The van der Waals surface area contributed by atoms with Gasteiger partial charge in [-0.1, -0.05) is 24.5 Å². The maximum absolute atomic E-state index is 11.9. The van der Waals surface area contributed by atoms with Gasteiger partial charge in [-0.05, 0) is 5.92 Å². The second-order valence-electron chi connectivity index (χ2n) is 4.82. The molecular weight excluding hydrogens is 204 g/mol. The highest BCUT2D eigenvalue weighted by molar-refractivity contribution is 5.94. The molecule has 0 radical (unpaired) electrons. The molecule has 0 spiro atoms. The summed E-state index contributed by atoms with van der Waals surface area (Å²) < 4.78 is 1.81. The minimum absolute atomic E-state index is 0.156. The molecule has 0 atom stereocenters. The number of nitrogens with zero attached hydrogens (tertiary/aromatic N) is 3. The number of rotatable bonds is 4. The fraction of sp³-hybridized carbons (Fsp3) is 0.727. The van der Waals surface area contributed by atoms with Crippen molar-refractivity contribution in [3.05, 3.63) is 11.9 Å². The third-order valence-corrected chi connectivity index (χ3v) is 3.63. The Morgan fingerprint density at radius 3 is 2.88 bits per heavy atom. The van der Waals surface area contributed by atoms with Gasteiger partial charge in [-0.15, -0.1) is 5.10 Å². The number of nitrogens with one attached hydrogen (secondary N) is 1. The van der Waals surface area contributed by atoms with Gasteiger partial charge in [-0.2, -0.15) is 0 Å². The third-order valence-electron chi connectivity index (χ3n) is 3.63. The second kappa shape index (κ2) is 3.97. The van der Waals surface area contributed by atoms with E-state index in [2.05, 4.69) is 15.6 Å². The van der Waals surface area contributed by atoms with Crippen molar-refractivity contribution in [3.63, 3.8) is 0 Å². The lowest BCUT2D eigenvalue weighted by Gasteiger charge is -2.26. The zero-order chi connectivity index (χ0) is 11.0. The van der Waals surface area contributed by atoms with Crippen LogP contribution >= 0.6 is 0 Å². The maximum atomic E-state index is 11.9. The predicted octanol–water partition coefficient (Wildman–Crippen LogP) is 0.795. The Kier molecular flexibility index (Phi) is 2.47. The van der Waals surface area contributed by atoms with E-state index >= 15 is 0 Å². The fourth-order valence-electron chi connectivity index (χ4n) is 2.11. The molecule has 0 unspecified atom stereocenters. The van der Waals surface area contributed by atoms with Crippen LogP contribution in [0.1, 0.15) is 42.2 Å². The second-order valence-corrected chi connectivity index (χ2v) is 4.82. The van der Waals surface area contributed by atoms with E-state index in [1.54, 1.807) is 6.20 Å². The van der Waals surface area contributed by atoms with Crippen LogP contribution in [0.25, 0.3) is 0 Å². The van der Waals surface area contributed by atoms with Gasteiger partial charge in [0, 0.05) is 19.5 Å². The van der Waals surface area contributed by atoms with Crippen LogP contribution in [0.4, 0.5) is 0 Å². The van der Waals surface area contributed by atoms with Crippen LogP contribution in [0.15, 0.2) is 6.20 Å². The van der Waals surface area contributed by atoms with E-state index in [1.807, 2.05) is 4.68 Å². The molecule has 1 aromatic rings. The Hall–Kier alpha value is -1.23. The van der Waals surface area contributed by atoms with E-state index < -0.39 is 0 Å². The molecule has 5 heteroatoms. The van der Waals surface area contributed by atoms with Crippen LogP contribution in [0, 0.1) is 5.92 Å². The molecule has 86 valence electrons. The van der Waals surface area contributed by atoms with E-state index in [-0.39, 0.29) is 5.78 Å². The van der Waals surface area contributed by atoms with Crippen molar-refractivity contribution in [3.8, 4) is 0 Å². The van der Waals surface area contributed by atoms with Gasteiger partial charge < -0.3 is 5.32 Å². The van der Waals surface area contributed by atoms with Gasteiger partial charge >= 0.3 is 0 Å². The first-order valence-corrected chi connectivity index (χ1v) is 5.98. The molecule has 1 N–H and O–H groups in total. The highest BCUT2D eigenvalue weighted by Crippen LogP contribution is 2.30. The highest BCUT2D eigenvalue weighted by Gasteiger charge is 2.25. The normalized spacial score (nSPS) is 21.5. The molecule has 5 nitrogen and oxygen atoms in total. The first kappa shape index (κ1) is 9.96. The highest BCUT2D eigenvalue weighted by atomic mass is 16.1. The van der Waals surface area contributed by atoms with Crippen molar-refractivity contribution in [2.24, 2.45) is 5.92 Å². The van der Waals surface area contributed by atoms with Gasteiger partial charge in [0.25, 0.3) is 0 Å². The molecule has 2 heterocycles. The fourth-order valence-corrected chi connectivity index (χ4v) is 2.11. The topological polar surface area (TPSA) is 59.8 Å². The standard InChI is InChI=1S/C11H16N4O/c16-11(4-8-2-1-3-8)10-7-15(14-13-10)9-5-12-6-9/h7-9,12H,1-6H2. The van der Waals surface area contributed by atoms with Crippen molar-refractivity contribution in [2.75, 3.05) is 13.1 Å². The zero-order valence-corrected chi connectivity index (χ0v) is 9.22. The molecule has 1 aliphatic heterocycles. The van der Waals surface area contributed by atoms with Crippen molar-refractivity contribution >= 4 is 5.78 Å². The summed E-state index contributed by atoms with van der Waals surface area (Å²) in [5, 5.41) is 11.2. The molecule has 3 rings (SSSR count). The zero-order valence-electron chi connectivity index (χ0n) is 9.22. The lowest BCUT2D eigenvalue weighted by atomic mass is 9.81. The van der Waals surface area contributed by atoms with Gasteiger partial charge in [0.2, 0.25) is 0 Å². The van der Waals surface area contributed by atoms with Crippen LogP contribution in [0.5, 0.6) is 0 Å². The van der Waals surface area contributed by atoms with Crippen LogP contribution < -0.4 is 5.32 Å². The first-order valence-electron chi connectivity index (χ1n) is 5.98. The molecule has 0 amide bonds. The number of hydrogen-bond donors (Lipinski definition) is 1. The molecule has 0 aromatic carbocycles. The summed E-state index contributed by atoms with van der Waals surface area (Å²) in [5.74, 6) is 0.756. The molecule has 1 saturated carbocycles. The van der Waals surface area contributed by atoms with E-state index in [1.165, 1.54) is 19.3 Å². The predicted molar refractivity (Wildman–Crippen MR) is 58.2 cm³/mol. The molecule has 2 aliphatic rings. The van der Waals surface area contributed by atoms with Crippen molar-refractivity contribution in [2.45, 2.75) is 31.7 Å². The Labute approximate surface area is 94.2 Å². The Balaban J connectivity index is 1.63. The van der Waals surface area contributed by atoms with Crippen LogP contribution in [-0.4, -0.2) is 33.9 Å². The summed E-state index contributed by atoms with van der Waals surface area (Å²) in [7, 11) is 0. The molecule has 0 bridgehead atoms. The SMILES string of the molecule is O=C(CC1CCC1)c1cn(C2CNC2)nn1. The molecule has 16 heavy (non-hydrogen) atoms. The Morgan fingerprint density at radius 2 is 2.31 bits per heavy atom. The minimum atomic E-state index is 0.156. The molecule has 1 saturated heterocycles. The van der Waals surface area contributed by atoms with Gasteiger partial charge in [-0.25, -0.2) is 4.68 Å². The summed E-state index contributed by atoms with van der Waals surface area (Å²) >= 11 is 0. The first-order chi connectivity index (χ1) is 7.83. The lowest BCUT2D eigenvalue weighted by molar-refractivity contribution is 0.0931. The Morgan fingerprint density at radius 1 is 1.50 bits per heavy atom. The number of aromatic nitrogens is 3. The van der Waals surface area contributed by atoms with E-state index in [0.29, 0.717) is 24.1 Å². The summed E-state index contributed by atoms with van der Waals surface area (Å²) in [4.78, 5) is 11.9. The van der Waals surface area contributed by atoms with Crippen LogP contribution in [0.3, 0.4) is 0 Å². The number of carbonyl (C=O) groups is 1. The van der Waals surface area contributed by atoms with Crippen molar-refractivity contribution in [1.82, 2.24) is 20.3 Å². The van der Waals surface area contributed by atoms with E-state index in [9.17, 15) is 4.79 Å². The molecule has 1 aliphatic carbocycles. The molecule has 1 aromatic heterocycles. The number of Topliss-reactive ketones (excluding diaryl/α,β-unsaturated/α-hetero) is 1. The Bertz CT molecular complexity index is 392. The average molecular weight is 220 g/mol. The third kappa shape index (κ3) is 1.75. The molecule has 2 fully saturated rings. The van der Waals surface area contributed by atoms with Gasteiger partial charge in [0.1, 0.15) is 5.69 Å². The maximum Gasteiger partial charge on any atom is 0.184 e.